The SMILES string of the molecule is N[C@@H](Cc1cnc[nH]1)C(=O)N1CCC[C@H]1C(=O)NCc1cc(=O)[nH]c(=O)[nH]1. The van der Waals surface area contributed by atoms with Gasteiger partial charge in [0.2, 0.25) is 11.8 Å². The number of likely N-dealkylation sites (tertiary alicyclic amines) is 1. The third kappa shape index (κ3) is 4.50. The molecule has 11 heteroatoms. The Labute approximate surface area is 153 Å². The molecule has 1 fully saturated rings. The van der Waals surface area contributed by atoms with Crippen LogP contribution in [-0.4, -0.2) is 55.3 Å². The van der Waals surface area contributed by atoms with Crippen LogP contribution in [0.15, 0.2) is 28.2 Å². The highest BCUT2D eigenvalue weighted by Gasteiger charge is 2.36. The maximum Gasteiger partial charge on any atom is 0.325 e. The molecule has 6 N–H and O–H groups in total. The lowest BCUT2D eigenvalue weighted by molar-refractivity contribution is -0.139. The Kier molecular flexibility index (Phi) is 5.50. The molecule has 3 rings (SSSR count). The number of aromatic amines is 3. The Balaban J connectivity index is 1.60. The number of imidazole rings is 1. The lowest BCUT2D eigenvalue weighted by Gasteiger charge is -2.26. The van der Waals surface area contributed by atoms with Crippen LogP contribution in [0.4, 0.5) is 0 Å². The first-order chi connectivity index (χ1) is 12.9. The van der Waals surface area contributed by atoms with Crippen LogP contribution in [0.1, 0.15) is 24.2 Å². The molecule has 1 aliphatic rings. The van der Waals surface area contributed by atoms with E-state index in [0.717, 1.165) is 5.69 Å². The zero-order valence-electron chi connectivity index (χ0n) is 14.5. The lowest BCUT2D eigenvalue weighted by atomic mass is 10.1. The lowest BCUT2D eigenvalue weighted by Crippen LogP contribution is -2.51. The van der Waals surface area contributed by atoms with Gasteiger partial charge in [-0.15, -0.1) is 0 Å². The number of nitrogens with two attached hydrogens (primary N) is 1. The van der Waals surface area contributed by atoms with Crippen LogP contribution in [0.5, 0.6) is 0 Å². The first-order valence-corrected chi connectivity index (χ1v) is 8.57. The fraction of sp³-hybridized carbons (Fsp3) is 0.438. The number of rotatable bonds is 6. The Bertz CT molecular complexity index is 889. The van der Waals surface area contributed by atoms with Gasteiger partial charge in [-0.3, -0.25) is 19.4 Å². The second kappa shape index (κ2) is 7.99. The molecule has 3 heterocycles. The standard InChI is InChI=1S/C16H21N7O4/c17-11(4-9-6-18-8-20-9)15(26)23-3-1-2-12(23)14(25)19-7-10-5-13(24)22-16(27)21-10/h5-6,8,11-12H,1-4,7,17H2,(H,18,20)(H,19,25)(H2,21,22,24,27)/t11-,12-/m0/s1. The van der Waals surface area contributed by atoms with Gasteiger partial charge in [0.25, 0.3) is 5.56 Å². The van der Waals surface area contributed by atoms with Gasteiger partial charge in [-0.2, -0.15) is 0 Å². The van der Waals surface area contributed by atoms with Crippen LogP contribution in [0.3, 0.4) is 0 Å². The van der Waals surface area contributed by atoms with E-state index in [9.17, 15) is 19.2 Å². The van der Waals surface area contributed by atoms with E-state index in [1.807, 2.05) is 0 Å². The molecule has 0 saturated carbocycles. The molecule has 11 nitrogen and oxygen atoms in total. The second-order valence-corrected chi connectivity index (χ2v) is 6.41. The summed E-state index contributed by atoms with van der Waals surface area (Å²) in [5.41, 5.74) is 5.83. The summed E-state index contributed by atoms with van der Waals surface area (Å²) in [6, 6.07) is -0.207. The van der Waals surface area contributed by atoms with Gasteiger partial charge in [0, 0.05) is 36.6 Å². The van der Waals surface area contributed by atoms with Gasteiger partial charge in [0.1, 0.15) is 6.04 Å². The normalized spacial score (nSPS) is 17.7. The van der Waals surface area contributed by atoms with Crippen molar-refractivity contribution in [3.8, 4) is 0 Å². The Hall–Kier alpha value is -3.21. The molecule has 0 bridgehead atoms. The summed E-state index contributed by atoms with van der Waals surface area (Å²) < 4.78 is 0. The van der Waals surface area contributed by atoms with E-state index in [0.29, 0.717) is 25.8 Å². The van der Waals surface area contributed by atoms with Crippen molar-refractivity contribution in [2.45, 2.75) is 37.9 Å². The molecule has 0 aromatic carbocycles. The van der Waals surface area contributed by atoms with E-state index in [-0.39, 0.29) is 24.1 Å². The molecule has 1 aliphatic heterocycles. The predicted molar refractivity (Wildman–Crippen MR) is 94.5 cm³/mol. The van der Waals surface area contributed by atoms with Crippen molar-refractivity contribution in [3.05, 3.63) is 50.8 Å². The Morgan fingerprint density at radius 2 is 2.15 bits per heavy atom. The zero-order valence-corrected chi connectivity index (χ0v) is 14.5. The molecule has 2 atom stereocenters. The van der Waals surface area contributed by atoms with Gasteiger partial charge in [-0.1, -0.05) is 0 Å². The van der Waals surface area contributed by atoms with E-state index >= 15 is 0 Å². The summed E-state index contributed by atoms with van der Waals surface area (Å²) >= 11 is 0. The number of H-pyrrole nitrogens is 3. The quantitative estimate of drug-likeness (QED) is 0.389. The predicted octanol–water partition coefficient (Wildman–Crippen LogP) is -2.04. The molecule has 2 aromatic heterocycles. The number of nitrogens with zero attached hydrogens (tertiary/aromatic N) is 2. The number of aromatic nitrogens is 4. The van der Waals surface area contributed by atoms with E-state index in [1.54, 1.807) is 6.20 Å². The number of hydrogen-bond acceptors (Lipinski definition) is 6. The monoisotopic (exact) mass is 375 g/mol. The number of amides is 2. The molecule has 27 heavy (non-hydrogen) atoms. The highest BCUT2D eigenvalue weighted by molar-refractivity contribution is 5.90. The molecular formula is C16H21N7O4. The largest absolute Gasteiger partial charge is 0.349 e. The average molecular weight is 375 g/mol. The number of carbonyl (C=O) groups excluding carboxylic acids is 2. The van der Waals surface area contributed by atoms with E-state index in [1.165, 1.54) is 17.3 Å². The number of nitrogens with one attached hydrogen (secondary N) is 4. The Morgan fingerprint density at radius 3 is 2.85 bits per heavy atom. The smallest absolute Gasteiger partial charge is 0.325 e. The highest BCUT2D eigenvalue weighted by Crippen LogP contribution is 2.19. The van der Waals surface area contributed by atoms with Gasteiger partial charge in [-0.25, -0.2) is 9.78 Å². The van der Waals surface area contributed by atoms with Gasteiger partial charge in [0.05, 0.1) is 18.9 Å². The minimum Gasteiger partial charge on any atom is -0.349 e. The fourth-order valence-electron chi connectivity index (χ4n) is 3.15. The van der Waals surface area contributed by atoms with Crippen molar-refractivity contribution in [2.75, 3.05) is 6.54 Å². The summed E-state index contributed by atoms with van der Waals surface area (Å²) in [7, 11) is 0. The maximum absolute atomic E-state index is 12.6. The number of hydrogen-bond donors (Lipinski definition) is 5. The van der Waals surface area contributed by atoms with Crippen molar-refractivity contribution < 1.29 is 9.59 Å². The van der Waals surface area contributed by atoms with E-state index in [2.05, 4.69) is 25.3 Å². The molecule has 144 valence electrons. The first-order valence-electron chi connectivity index (χ1n) is 8.57. The maximum atomic E-state index is 12.6. The molecule has 0 spiro atoms. The van der Waals surface area contributed by atoms with Crippen LogP contribution in [0.25, 0.3) is 0 Å². The summed E-state index contributed by atoms with van der Waals surface area (Å²) in [5.74, 6) is -0.650. The van der Waals surface area contributed by atoms with Crippen LogP contribution in [-0.2, 0) is 22.6 Å². The minimum atomic E-state index is -0.775. The summed E-state index contributed by atoms with van der Waals surface area (Å²) in [5, 5.41) is 2.65. The second-order valence-electron chi connectivity index (χ2n) is 6.41. The van der Waals surface area contributed by atoms with Crippen LogP contribution in [0.2, 0.25) is 0 Å². The highest BCUT2D eigenvalue weighted by atomic mass is 16.2. The van der Waals surface area contributed by atoms with Gasteiger partial charge in [0.15, 0.2) is 0 Å². The van der Waals surface area contributed by atoms with Gasteiger partial charge >= 0.3 is 5.69 Å². The minimum absolute atomic E-state index is 0.0171. The summed E-state index contributed by atoms with van der Waals surface area (Å²) in [6.07, 6.45) is 4.64. The number of carbonyl (C=O) groups is 2. The first kappa shape index (κ1) is 18.6. The van der Waals surface area contributed by atoms with Gasteiger partial charge in [-0.05, 0) is 12.8 Å². The molecule has 0 radical (unpaired) electrons. The van der Waals surface area contributed by atoms with Crippen molar-refractivity contribution >= 4 is 11.8 Å². The topological polar surface area (TPSA) is 170 Å². The molecular weight excluding hydrogens is 354 g/mol. The Morgan fingerprint density at radius 1 is 1.33 bits per heavy atom. The van der Waals surface area contributed by atoms with Crippen molar-refractivity contribution in [1.29, 1.82) is 0 Å². The van der Waals surface area contributed by atoms with Crippen LogP contribution < -0.4 is 22.3 Å². The zero-order chi connectivity index (χ0) is 19.4. The third-order valence-electron chi connectivity index (χ3n) is 4.42. The van der Waals surface area contributed by atoms with Crippen LogP contribution >= 0.6 is 0 Å². The summed E-state index contributed by atoms with van der Waals surface area (Å²) in [6.45, 7) is 0.437. The van der Waals surface area contributed by atoms with Crippen LogP contribution in [0, 0.1) is 0 Å². The molecule has 1 saturated heterocycles. The molecule has 2 amide bonds. The third-order valence-corrected chi connectivity index (χ3v) is 4.42. The van der Waals surface area contributed by atoms with Crippen molar-refractivity contribution in [2.24, 2.45) is 5.73 Å². The van der Waals surface area contributed by atoms with Crippen molar-refractivity contribution in [3.63, 3.8) is 0 Å². The molecule has 0 unspecified atom stereocenters. The van der Waals surface area contributed by atoms with E-state index < -0.39 is 23.3 Å². The van der Waals surface area contributed by atoms with Crippen molar-refractivity contribution in [1.82, 2.24) is 30.2 Å². The molecule has 0 aliphatic carbocycles. The average Bonchev–Trinajstić information content (AvgIpc) is 3.29. The molecule has 2 aromatic rings. The van der Waals surface area contributed by atoms with Gasteiger partial charge < -0.3 is 25.9 Å². The summed E-state index contributed by atoms with van der Waals surface area (Å²) in [4.78, 5) is 60.5. The van der Waals surface area contributed by atoms with E-state index in [4.69, 9.17) is 5.73 Å². The fourth-order valence-corrected chi connectivity index (χ4v) is 3.15.